The summed E-state index contributed by atoms with van der Waals surface area (Å²) in [7, 11) is 1.58. The van der Waals surface area contributed by atoms with Crippen LogP contribution in [0.2, 0.25) is 10.0 Å². The van der Waals surface area contributed by atoms with Crippen molar-refractivity contribution < 1.29 is 9.53 Å². The topological polar surface area (TPSA) is 54.8 Å². The van der Waals surface area contributed by atoms with Gasteiger partial charge in [0.15, 0.2) is 0 Å². The lowest BCUT2D eigenvalue weighted by Crippen LogP contribution is -2.56. The monoisotopic (exact) mass is 445 g/mol. The molecule has 1 saturated heterocycles. The van der Waals surface area contributed by atoms with Crippen LogP contribution in [0.4, 0.5) is 10.5 Å². The number of amides is 1. The summed E-state index contributed by atoms with van der Waals surface area (Å²) < 4.78 is 6.49. The van der Waals surface area contributed by atoms with E-state index in [2.05, 4.69) is 4.90 Å². The Balaban J connectivity index is 1.61. The van der Waals surface area contributed by atoms with Crippen LogP contribution in [0.3, 0.4) is 0 Å². The minimum absolute atomic E-state index is 0.0962. The van der Waals surface area contributed by atoms with Crippen LogP contribution in [-0.4, -0.2) is 48.3 Å². The molecule has 1 atom stereocenters. The van der Waals surface area contributed by atoms with Crippen LogP contribution in [0, 0.1) is 0 Å². The van der Waals surface area contributed by atoms with Crippen LogP contribution >= 0.6 is 23.2 Å². The van der Waals surface area contributed by atoms with E-state index in [0.717, 1.165) is 11.1 Å². The van der Waals surface area contributed by atoms with Gasteiger partial charge in [-0.2, -0.15) is 0 Å². The van der Waals surface area contributed by atoms with Crippen molar-refractivity contribution in [2.45, 2.75) is 13.0 Å². The summed E-state index contributed by atoms with van der Waals surface area (Å²) in [6.45, 7) is 3.71. The molecule has 1 aromatic heterocycles. The van der Waals surface area contributed by atoms with E-state index in [-0.39, 0.29) is 17.6 Å². The second-order valence-corrected chi connectivity index (χ2v) is 8.12. The van der Waals surface area contributed by atoms with Gasteiger partial charge in [-0.1, -0.05) is 23.2 Å². The van der Waals surface area contributed by atoms with E-state index in [1.165, 1.54) is 10.6 Å². The van der Waals surface area contributed by atoms with Crippen molar-refractivity contribution in [3.05, 3.63) is 68.9 Å². The fourth-order valence-electron chi connectivity index (χ4n) is 3.83. The van der Waals surface area contributed by atoms with Crippen LogP contribution in [0.25, 0.3) is 10.9 Å². The van der Waals surface area contributed by atoms with Gasteiger partial charge >= 0.3 is 6.03 Å². The van der Waals surface area contributed by atoms with Gasteiger partial charge in [-0.05, 0) is 49.4 Å². The van der Waals surface area contributed by atoms with Crippen molar-refractivity contribution in [3.63, 3.8) is 0 Å². The maximum Gasteiger partial charge on any atom is 0.332 e. The van der Waals surface area contributed by atoms with Crippen molar-refractivity contribution in [3.8, 4) is 5.75 Å². The van der Waals surface area contributed by atoms with E-state index in [1.54, 1.807) is 36.3 Å². The van der Waals surface area contributed by atoms with Crippen LogP contribution in [0.15, 0.2) is 53.3 Å². The Bertz CT molecular complexity index is 1180. The van der Waals surface area contributed by atoms with Crippen LogP contribution in [-0.2, 0) is 0 Å². The molecular weight excluding hydrogens is 425 g/mol. The van der Waals surface area contributed by atoms with E-state index in [9.17, 15) is 9.59 Å². The third-order valence-electron chi connectivity index (χ3n) is 5.43. The number of pyridine rings is 1. The first-order chi connectivity index (χ1) is 14.4. The molecule has 1 fully saturated rings. The maximum absolute atomic E-state index is 13.3. The van der Waals surface area contributed by atoms with Gasteiger partial charge in [-0.3, -0.25) is 4.79 Å². The van der Waals surface area contributed by atoms with E-state index >= 15 is 0 Å². The van der Waals surface area contributed by atoms with Gasteiger partial charge < -0.3 is 14.5 Å². The van der Waals surface area contributed by atoms with E-state index in [1.807, 2.05) is 25.1 Å². The Kier molecular flexibility index (Phi) is 5.62. The zero-order chi connectivity index (χ0) is 21.4. The highest BCUT2D eigenvalue weighted by atomic mass is 35.5. The van der Waals surface area contributed by atoms with Gasteiger partial charge in [-0.15, -0.1) is 0 Å². The molecule has 0 bridgehead atoms. The Hall–Kier alpha value is -2.70. The number of ether oxygens (including phenoxy) is 1. The highest BCUT2D eigenvalue weighted by Gasteiger charge is 2.29. The molecule has 3 aromatic rings. The summed E-state index contributed by atoms with van der Waals surface area (Å²) in [4.78, 5) is 29.8. The molecule has 0 N–H and O–H groups in total. The van der Waals surface area contributed by atoms with Crippen molar-refractivity contribution in [1.29, 1.82) is 0 Å². The number of piperazine rings is 1. The number of methoxy groups -OCH3 is 1. The molecule has 0 radical (unpaired) electrons. The fourth-order valence-corrected chi connectivity index (χ4v) is 4.13. The predicted molar refractivity (Wildman–Crippen MR) is 120 cm³/mol. The first kappa shape index (κ1) is 20.6. The number of fused-ring (bicyclic) bond motifs is 1. The molecule has 0 saturated carbocycles. The fraction of sp³-hybridized carbons (Fsp3) is 0.273. The van der Waals surface area contributed by atoms with Crippen molar-refractivity contribution in [2.24, 2.45) is 0 Å². The molecule has 4 rings (SSSR count). The maximum atomic E-state index is 13.3. The molecule has 1 amide bonds. The van der Waals surface area contributed by atoms with E-state index < -0.39 is 0 Å². The first-order valence-corrected chi connectivity index (χ1v) is 10.4. The van der Waals surface area contributed by atoms with Crippen molar-refractivity contribution >= 4 is 45.8 Å². The lowest BCUT2D eigenvalue weighted by Gasteiger charge is -2.41. The summed E-state index contributed by atoms with van der Waals surface area (Å²) >= 11 is 12.2. The molecular formula is C22H21Cl2N3O3. The number of carbonyl (C=O) groups excluding carboxylic acids is 1. The number of benzene rings is 2. The average molecular weight is 446 g/mol. The molecule has 1 aliphatic heterocycles. The number of nitrogens with zero attached hydrogens (tertiary/aromatic N) is 3. The summed E-state index contributed by atoms with van der Waals surface area (Å²) in [6.07, 6.45) is 0. The quantitative estimate of drug-likeness (QED) is 0.582. The van der Waals surface area contributed by atoms with Crippen molar-refractivity contribution in [1.82, 2.24) is 9.47 Å². The summed E-state index contributed by atoms with van der Waals surface area (Å²) in [5.74, 6) is 0.670. The van der Waals surface area contributed by atoms with Gasteiger partial charge in [0.25, 0.3) is 5.56 Å². The van der Waals surface area contributed by atoms with Gasteiger partial charge in [0, 0.05) is 42.8 Å². The molecule has 2 aromatic carbocycles. The van der Waals surface area contributed by atoms with Crippen LogP contribution in [0.5, 0.6) is 5.75 Å². The second-order valence-electron chi connectivity index (χ2n) is 7.30. The molecule has 2 heterocycles. The largest absolute Gasteiger partial charge is 0.497 e. The molecule has 156 valence electrons. The normalized spacial score (nSPS) is 16.7. The number of hydrogen-bond acceptors (Lipinski definition) is 4. The van der Waals surface area contributed by atoms with Gasteiger partial charge in [0.1, 0.15) is 5.75 Å². The average Bonchev–Trinajstić information content (AvgIpc) is 2.74. The Labute approximate surface area is 184 Å². The number of aromatic nitrogens is 1. The molecule has 1 unspecified atom stereocenters. The Morgan fingerprint density at radius 2 is 1.83 bits per heavy atom. The summed E-state index contributed by atoms with van der Waals surface area (Å²) in [5.41, 5.74) is 1.17. The lowest BCUT2D eigenvalue weighted by atomic mass is 10.1. The summed E-state index contributed by atoms with van der Waals surface area (Å²) in [5, 5.41) is 1.77. The third kappa shape index (κ3) is 3.73. The minimum Gasteiger partial charge on any atom is -0.497 e. The zero-order valence-electron chi connectivity index (χ0n) is 16.6. The number of halogens is 2. The number of hydrogen-bond donors (Lipinski definition) is 0. The van der Waals surface area contributed by atoms with Crippen molar-refractivity contribution in [2.75, 3.05) is 31.6 Å². The molecule has 6 nitrogen and oxygen atoms in total. The van der Waals surface area contributed by atoms with Gasteiger partial charge in [0.2, 0.25) is 0 Å². The number of rotatable bonds is 2. The first-order valence-electron chi connectivity index (χ1n) is 9.60. The summed E-state index contributed by atoms with van der Waals surface area (Å²) in [6, 6.07) is 13.5. The molecule has 1 aliphatic rings. The molecule has 0 aliphatic carbocycles. The molecule has 0 spiro atoms. The van der Waals surface area contributed by atoms with Crippen LogP contribution < -0.4 is 15.2 Å². The van der Waals surface area contributed by atoms with E-state index in [4.69, 9.17) is 27.9 Å². The SMILES string of the molecule is COc1ccc2c(ccc(=O)n2C(=O)N2CCN(c3ccc(Cl)c(Cl)c3)CC2C)c1. The smallest absolute Gasteiger partial charge is 0.332 e. The highest BCUT2D eigenvalue weighted by Crippen LogP contribution is 2.29. The van der Waals surface area contributed by atoms with E-state index in [0.29, 0.717) is 40.9 Å². The third-order valence-corrected chi connectivity index (χ3v) is 6.17. The van der Waals surface area contributed by atoms with Gasteiger partial charge in [0.05, 0.1) is 22.7 Å². The van der Waals surface area contributed by atoms with Gasteiger partial charge in [-0.25, -0.2) is 9.36 Å². The Morgan fingerprint density at radius 3 is 2.53 bits per heavy atom. The zero-order valence-corrected chi connectivity index (χ0v) is 18.2. The number of anilines is 1. The highest BCUT2D eigenvalue weighted by molar-refractivity contribution is 6.42. The predicted octanol–water partition coefficient (Wildman–Crippen LogP) is 4.50. The number of carbonyl (C=O) groups is 1. The molecule has 8 heteroatoms. The lowest BCUT2D eigenvalue weighted by molar-refractivity contribution is 0.173. The second kappa shape index (κ2) is 8.20. The molecule has 30 heavy (non-hydrogen) atoms. The Morgan fingerprint density at radius 1 is 1.03 bits per heavy atom. The van der Waals surface area contributed by atoms with Crippen LogP contribution in [0.1, 0.15) is 6.92 Å². The standard InChI is InChI=1S/C22H21Cl2N3O3/c1-14-13-25(16-4-6-18(23)19(24)12-16)9-10-26(14)22(29)27-20-7-5-17(30-2)11-15(20)3-8-21(27)28/h3-8,11-12,14H,9-10,13H2,1-2H3. The minimum atomic E-state index is -0.350.